The van der Waals surface area contributed by atoms with Crippen molar-refractivity contribution in [2.75, 3.05) is 13.2 Å². The van der Waals surface area contributed by atoms with Gasteiger partial charge in [-0.1, -0.05) is 6.07 Å². The van der Waals surface area contributed by atoms with Gasteiger partial charge in [0.2, 0.25) is 0 Å². The van der Waals surface area contributed by atoms with E-state index in [1.807, 2.05) is 0 Å². The summed E-state index contributed by atoms with van der Waals surface area (Å²) >= 11 is 0. The summed E-state index contributed by atoms with van der Waals surface area (Å²) in [5.41, 5.74) is -1.32. The first-order valence-corrected chi connectivity index (χ1v) is 5.73. The highest BCUT2D eigenvalue weighted by molar-refractivity contribution is 5.76. The Morgan fingerprint density at radius 2 is 1.80 bits per heavy atom. The number of carbonyl (C=O) groups is 1. The molecule has 0 saturated carbocycles. The molecule has 2 rings (SSSR count). The Morgan fingerprint density at radius 1 is 1.20 bits per heavy atom. The van der Waals surface area contributed by atoms with Crippen LogP contribution < -0.4 is 9.47 Å². The number of fused-ring (bicyclic) bond motifs is 1. The van der Waals surface area contributed by atoms with Gasteiger partial charge in [-0.25, -0.2) is 4.79 Å². The predicted molar refractivity (Wildman–Crippen MR) is 59.6 cm³/mol. The maximum absolute atomic E-state index is 12.9. The summed E-state index contributed by atoms with van der Waals surface area (Å²) in [6.07, 6.45) is -6.29. The van der Waals surface area contributed by atoms with Gasteiger partial charge in [-0.15, -0.1) is 0 Å². The molecule has 1 aromatic carbocycles. The van der Waals surface area contributed by atoms with Crippen molar-refractivity contribution in [1.82, 2.24) is 0 Å². The van der Waals surface area contributed by atoms with E-state index in [0.717, 1.165) is 6.07 Å². The van der Waals surface area contributed by atoms with E-state index in [2.05, 4.69) is 0 Å². The maximum atomic E-state index is 12.9. The summed E-state index contributed by atoms with van der Waals surface area (Å²) in [5.74, 6) is -2.53. The van der Waals surface area contributed by atoms with Crippen LogP contribution in [0.3, 0.4) is 0 Å². The van der Waals surface area contributed by atoms with Crippen LogP contribution in [0.15, 0.2) is 12.1 Å². The Bertz CT molecular complexity index is 527. The average Bonchev–Trinajstić information content (AvgIpc) is 2.60. The monoisotopic (exact) mass is 292 g/mol. The van der Waals surface area contributed by atoms with Gasteiger partial charge in [0.05, 0.1) is 13.2 Å². The Labute approximate surface area is 111 Å². The van der Waals surface area contributed by atoms with Crippen LogP contribution in [0.4, 0.5) is 13.2 Å². The van der Waals surface area contributed by atoms with Crippen LogP contribution in [0, 0.1) is 0 Å². The Morgan fingerprint density at radius 3 is 2.35 bits per heavy atom. The van der Waals surface area contributed by atoms with Crippen LogP contribution in [0.1, 0.15) is 23.7 Å². The van der Waals surface area contributed by atoms with Crippen LogP contribution in [-0.2, 0) is 11.0 Å². The van der Waals surface area contributed by atoms with E-state index in [1.165, 1.54) is 0 Å². The van der Waals surface area contributed by atoms with Crippen LogP contribution in [0.5, 0.6) is 11.5 Å². The van der Waals surface area contributed by atoms with Gasteiger partial charge in [-0.05, 0) is 6.07 Å². The molecule has 1 atom stereocenters. The van der Waals surface area contributed by atoms with E-state index < -0.39 is 29.6 Å². The summed E-state index contributed by atoms with van der Waals surface area (Å²) in [6, 6.07) is 1.56. The molecule has 0 saturated heterocycles. The Kier molecular flexibility index (Phi) is 3.76. The molecule has 1 heterocycles. The lowest BCUT2D eigenvalue weighted by atomic mass is 10.0. The number of halogens is 3. The van der Waals surface area contributed by atoms with Crippen LogP contribution in [0.2, 0.25) is 0 Å². The van der Waals surface area contributed by atoms with Gasteiger partial charge in [0.25, 0.3) is 0 Å². The second-order valence-electron chi connectivity index (χ2n) is 4.15. The fourth-order valence-corrected chi connectivity index (χ4v) is 1.85. The molecule has 2 N–H and O–H groups in total. The van der Waals surface area contributed by atoms with Crippen molar-refractivity contribution < 1.29 is 37.7 Å². The lowest BCUT2D eigenvalue weighted by Gasteiger charge is -2.18. The number of aliphatic carboxylic acids is 1. The minimum absolute atomic E-state index is 0.0166. The van der Waals surface area contributed by atoms with Crippen molar-refractivity contribution in [3.63, 3.8) is 0 Å². The molecular formula is C12H11F3O5. The largest absolute Gasteiger partial charge is 0.489 e. The molecule has 0 fully saturated rings. The minimum atomic E-state index is -4.66. The molecule has 8 heteroatoms. The van der Waals surface area contributed by atoms with Gasteiger partial charge >= 0.3 is 12.1 Å². The number of hydrogen-bond donors (Lipinski definition) is 2. The van der Waals surface area contributed by atoms with Crippen molar-refractivity contribution in [3.8, 4) is 11.5 Å². The third-order valence-electron chi connectivity index (χ3n) is 2.76. The molecule has 0 spiro atoms. The van der Waals surface area contributed by atoms with E-state index in [-0.39, 0.29) is 24.5 Å². The summed E-state index contributed by atoms with van der Waals surface area (Å²) < 4.78 is 48.8. The Balaban J connectivity index is 2.60. The fourth-order valence-electron chi connectivity index (χ4n) is 1.85. The molecule has 5 nitrogen and oxygen atoms in total. The number of benzene rings is 1. The average molecular weight is 292 g/mol. The molecule has 110 valence electrons. The van der Waals surface area contributed by atoms with E-state index in [0.29, 0.717) is 12.5 Å². The first-order chi connectivity index (χ1) is 9.32. The van der Waals surface area contributed by atoms with Crippen LogP contribution in [0.25, 0.3) is 0 Å². The predicted octanol–water partition coefficient (Wildman–Crippen LogP) is 1.98. The highest BCUT2D eigenvalue weighted by atomic mass is 19.4. The Hall–Kier alpha value is -1.96. The third kappa shape index (κ3) is 2.64. The van der Waals surface area contributed by atoms with Gasteiger partial charge in [-0.2, -0.15) is 13.2 Å². The SMILES string of the molecule is O=C(O)C(O)c1ccc(C(F)(F)F)c2c1OCCCO2. The normalized spacial score (nSPS) is 16.4. The number of hydrogen-bond acceptors (Lipinski definition) is 4. The highest BCUT2D eigenvalue weighted by Crippen LogP contribution is 2.45. The van der Waals surface area contributed by atoms with E-state index in [4.69, 9.17) is 14.6 Å². The smallest absolute Gasteiger partial charge is 0.420 e. The number of rotatable bonds is 2. The van der Waals surface area contributed by atoms with Crippen LogP contribution >= 0.6 is 0 Å². The zero-order valence-corrected chi connectivity index (χ0v) is 10.1. The van der Waals surface area contributed by atoms with Gasteiger partial charge < -0.3 is 19.7 Å². The van der Waals surface area contributed by atoms with Crippen molar-refractivity contribution in [1.29, 1.82) is 0 Å². The fraction of sp³-hybridized carbons (Fsp3) is 0.417. The van der Waals surface area contributed by atoms with E-state index in [9.17, 15) is 23.1 Å². The quantitative estimate of drug-likeness (QED) is 0.871. The standard InChI is InChI=1S/C12H11F3O5/c13-12(14,15)7-3-2-6(8(16)11(17)18)9-10(7)20-5-1-4-19-9/h2-3,8,16H,1,4-5H2,(H,17,18). The van der Waals surface area contributed by atoms with Gasteiger partial charge in [-0.3, -0.25) is 0 Å². The molecule has 0 radical (unpaired) electrons. The first-order valence-electron chi connectivity index (χ1n) is 5.73. The summed E-state index contributed by atoms with van der Waals surface area (Å²) in [6.45, 7) is 0.0936. The molecule has 1 aliphatic heterocycles. The van der Waals surface area contributed by atoms with Gasteiger partial charge in [0.1, 0.15) is 5.56 Å². The van der Waals surface area contributed by atoms with E-state index in [1.54, 1.807) is 0 Å². The van der Waals surface area contributed by atoms with Crippen molar-refractivity contribution in [3.05, 3.63) is 23.3 Å². The molecule has 1 unspecified atom stereocenters. The molecular weight excluding hydrogens is 281 g/mol. The summed E-state index contributed by atoms with van der Waals surface area (Å²) in [5, 5.41) is 18.3. The number of aliphatic hydroxyl groups excluding tert-OH is 1. The zero-order chi connectivity index (χ0) is 14.9. The number of carboxylic acid groups (broad SMARTS) is 1. The zero-order valence-electron chi connectivity index (χ0n) is 10.1. The highest BCUT2D eigenvalue weighted by Gasteiger charge is 2.38. The number of aliphatic hydroxyl groups is 1. The topological polar surface area (TPSA) is 76.0 Å². The molecule has 0 bridgehead atoms. The molecule has 0 aromatic heterocycles. The van der Waals surface area contributed by atoms with E-state index >= 15 is 0 Å². The second-order valence-corrected chi connectivity index (χ2v) is 4.15. The van der Waals surface area contributed by atoms with Crippen LogP contribution in [-0.4, -0.2) is 29.4 Å². The van der Waals surface area contributed by atoms with Gasteiger partial charge in [0.15, 0.2) is 17.6 Å². The van der Waals surface area contributed by atoms with Crippen molar-refractivity contribution >= 4 is 5.97 Å². The minimum Gasteiger partial charge on any atom is -0.489 e. The van der Waals surface area contributed by atoms with Gasteiger partial charge in [0, 0.05) is 12.0 Å². The number of carboxylic acids is 1. The first kappa shape index (κ1) is 14.4. The second kappa shape index (κ2) is 5.20. The molecule has 1 aliphatic rings. The lowest BCUT2D eigenvalue weighted by Crippen LogP contribution is -2.14. The molecule has 0 aliphatic carbocycles. The number of alkyl halides is 3. The van der Waals surface area contributed by atoms with Crippen molar-refractivity contribution in [2.45, 2.75) is 18.7 Å². The summed E-state index contributed by atoms with van der Waals surface area (Å²) in [7, 11) is 0. The molecule has 20 heavy (non-hydrogen) atoms. The lowest BCUT2D eigenvalue weighted by molar-refractivity contribution is -0.147. The molecule has 0 amide bonds. The van der Waals surface area contributed by atoms with Crippen molar-refractivity contribution in [2.24, 2.45) is 0 Å². The maximum Gasteiger partial charge on any atom is 0.420 e. The third-order valence-corrected chi connectivity index (χ3v) is 2.76. The molecule has 1 aromatic rings. The summed E-state index contributed by atoms with van der Waals surface area (Å²) in [4.78, 5) is 10.8. The number of ether oxygens (including phenoxy) is 2.